The van der Waals surface area contributed by atoms with E-state index < -0.39 is 0 Å². The van der Waals surface area contributed by atoms with Crippen molar-refractivity contribution in [2.45, 2.75) is 46.0 Å². The molecule has 1 amide bonds. The van der Waals surface area contributed by atoms with E-state index >= 15 is 0 Å². The largest absolute Gasteiger partial charge is 0.469 e. The first kappa shape index (κ1) is 15.3. The fraction of sp³-hybridized carbons (Fsp3) is 0.875. The van der Waals surface area contributed by atoms with E-state index in [4.69, 9.17) is 4.74 Å². The van der Waals surface area contributed by atoms with Crippen LogP contribution in [0.25, 0.3) is 0 Å². The van der Waals surface area contributed by atoms with Crippen LogP contribution in [-0.4, -0.2) is 37.0 Å². The number of esters is 1. The third kappa shape index (κ3) is 3.53. The average Bonchev–Trinajstić information content (AvgIpc) is 2.80. The lowest BCUT2D eigenvalue weighted by molar-refractivity contribution is -0.146. The molecule has 0 aromatic carbocycles. The molecule has 2 unspecified atom stereocenters. The number of likely N-dealkylation sites (tertiary alicyclic amines) is 1. The van der Waals surface area contributed by atoms with Gasteiger partial charge < -0.3 is 9.64 Å². The summed E-state index contributed by atoms with van der Waals surface area (Å²) in [6.07, 6.45) is 5.57. The van der Waals surface area contributed by atoms with Crippen LogP contribution >= 0.6 is 0 Å². The van der Waals surface area contributed by atoms with E-state index in [0.29, 0.717) is 25.4 Å². The first-order valence-corrected chi connectivity index (χ1v) is 7.86. The van der Waals surface area contributed by atoms with E-state index in [0.717, 1.165) is 5.92 Å². The van der Waals surface area contributed by atoms with Crippen LogP contribution in [0.4, 0.5) is 0 Å². The molecule has 0 aromatic heterocycles. The van der Waals surface area contributed by atoms with Crippen LogP contribution in [0.15, 0.2) is 0 Å². The molecule has 0 bridgehead atoms. The van der Waals surface area contributed by atoms with E-state index in [2.05, 4.69) is 6.92 Å². The maximum atomic E-state index is 12.4. The Hall–Kier alpha value is -1.06. The Kier molecular flexibility index (Phi) is 5.06. The molecule has 4 heteroatoms. The van der Waals surface area contributed by atoms with Gasteiger partial charge in [-0.2, -0.15) is 0 Å². The minimum Gasteiger partial charge on any atom is -0.469 e. The van der Waals surface area contributed by atoms with Crippen molar-refractivity contribution in [2.75, 3.05) is 20.2 Å². The third-order valence-electron chi connectivity index (χ3n) is 4.98. The van der Waals surface area contributed by atoms with Gasteiger partial charge in [0.25, 0.3) is 0 Å². The molecule has 4 nitrogen and oxygen atoms in total. The monoisotopic (exact) mass is 281 g/mol. The zero-order valence-electron chi connectivity index (χ0n) is 12.9. The number of rotatable bonds is 3. The SMILES string of the molecule is COC(=O)[C@@H]1CN(C(=O)CC2CCCC(C)C2)C[C@H]1C. The Balaban J connectivity index is 1.86. The lowest BCUT2D eigenvalue weighted by Gasteiger charge is -2.27. The first-order chi connectivity index (χ1) is 9.51. The van der Waals surface area contributed by atoms with Gasteiger partial charge in [-0.25, -0.2) is 0 Å². The zero-order valence-corrected chi connectivity index (χ0v) is 12.9. The maximum absolute atomic E-state index is 12.4. The molecule has 114 valence electrons. The van der Waals surface area contributed by atoms with E-state index in [1.807, 2.05) is 11.8 Å². The molecular formula is C16H27NO3. The fourth-order valence-corrected chi connectivity index (χ4v) is 3.75. The molecule has 2 aliphatic rings. The van der Waals surface area contributed by atoms with Gasteiger partial charge in [0, 0.05) is 19.5 Å². The highest BCUT2D eigenvalue weighted by Crippen LogP contribution is 2.32. The summed E-state index contributed by atoms with van der Waals surface area (Å²) in [7, 11) is 1.42. The lowest BCUT2D eigenvalue weighted by atomic mass is 9.80. The van der Waals surface area contributed by atoms with Crippen LogP contribution in [-0.2, 0) is 14.3 Å². The molecule has 0 N–H and O–H groups in total. The van der Waals surface area contributed by atoms with Crippen molar-refractivity contribution >= 4 is 11.9 Å². The van der Waals surface area contributed by atoms with Crippen molar-refractivity contribution in [3.05, 3.63) is 0 Å². The van der Waals surface area contributed by atoms with Crippen LogP contribution < -0.4 is 0 Å². The Bertz CT molecular complexity index is 369. The van der Waals surface area contributed by atoms with Gasteiger partial charge in [0.1, 0.15) is 0 Å². The molecule has 1 aliphatic heterocycles. The predicted octanol–water partition coefficient (Wildman–Crippen LogP) is 2.47. The van der Waals surface area contributed by atoms with Gasteiger partial charge in [-0.15, -0.1) is 0 Å². The molecule has 1 aliphatic carbocycles. The summed E-state index contributed by atoms with van der Waals surface area (Å²) in [5.41, 5.74) is 0. The van der Waals surface area contributed by atoms with Crippen LogP contribution in [0, 0.1) is 23.7 Å². The second-order valence-electron chi connectivity index (χ2n) is 6.75. The van der Waals surface area contributed by atoms with Gasteiger partial charge in [-0.3, -0.25) is 9.59 Å². The smallest absolute Gasteiger partial charge is 0.310 e. The van der Waals surface area contributed by atoms with Gasteiger partial charge >= 0.3 is 5.97 Å². The normalized spacial score (nSPS) is 34.0. The van der Waals surface area contributed by atoms with Crippen LogP contribution in [0.5, 0.6) is 0 Å². The van der Waals surface area contributed by atoms with Crippen molar-refractivity contribution in [1.29, 1.82) is 0 Å². The third-order valence-corrected chi connectivity index (χ3v) is 4.98. The summed E-state index contributed by atoms with van der Waals surface area (Å²) in [5.74, 6) is 1.40. The molecule has 2 rings (SSSR count). The van der Waals surface area contributed by atoms with E-state index in [1.54, 1.807) is 0 Å². The van der Waals surface area contributed by atoms with Crippen molar-refractivity contribution in [3.8, 4) is 0 Å². The quantitative estimate of drug-likeness (QED) is 0.747. The summed E-state index contributed by atoms with van der Waals surface area (Å²) >= 11 is 0. The van der Waals surface area contributed by atoms with E-state index in [9.17, 15) is 9.59 Å². The second-order valence-corrected chi connectivity index (χ2v) is 6.75. The Morgan fingerprint density at radius 3 is 2.60 bits per heavy atom. The predicted molar refractivity (Wildman–Crippen MR) is 77.0 cm³/mol. The van der Waals surface area contributed by atoms with Crippen LogP contribution in [0.1, 0.15) is 46.0 Å². The fourth-order valence-electron chi connectivity index (χ4n) is 3.75. The van der Waals surface area contributed by atoms with E-state index in [1.165, 1.54) is 32.8 Å². The highest BCUT2D eigenvalue weighted by molar-refractivity contribution is 5.79. The number of carbonyl (C=O) groups is 2. The lowest BCUT2D eigenvalue weighted by Crippen LogP contribution is -2.32. The summed E-state index contributed by atoms with van der Waals surface area (Å²) in [6, 6.07) is 0. The number of methoxy groups -OCH3 is 1. The molecule has 1 heterocycles. The number of carbonyl (C=O) groups excluding carboxylic acids is 2. The summed E-state index contributed by atoms with van der Waals surface area (Å²) in [5, 5.41) is 0. The number of hydrogen-bond donors (Lipinski definition) is 0. The second kappa shape index (κ2) is 6.59. The number of hydrogen-bond acceptors (Lipinski definition) is 3. The number of ether oxygens (including phenoxy) is 1. The first-order valence-electron chi connectivity index (χ1n) is 7.86. The van der Waals surface area contributed by atoms with Gasteiger partial charge in [0.15, 0.2) is 0 Å². The highest BCUT2D eigenvalue weighted by Gasteiger charge is 2.38. The van der Waals surface area contributed by atoms with E-state index in [-0.39, 0.29) is 23.7 Å². The van der Waals surface area contributed by atoms with Crippen LogP contribution in [0.3, 0.4) is 0 Å². The minimum absolute atomic E-state index is 0.144. The van der Waals surface area contributed by atoms with Gasteiger partial charge in [0.2, 0.25) is 5.91 Å². The molecule has 4 atom stereocenters. The topological polar surface area (TPSA) is 46.6 Å². The van der Waals surface area contributed by atoms with Crippen molar-refractivity contribution in [3.63, 3.8) is 0 Å². The Labute approximate surface area is 121 Å². The zero-order chi connectivity index (χ0) is 14.7. The maximum Gasteiger partial charge on any atom is 0.310 e. The standard InChI is InChI=1S/C16H27NO3/c1-11-5-4-6-13(7-11)8-15(18)17-9-12(2)14(10-17)16(19)20-3/h11-14H,4-10H2,1-3H3/t11?,12-,13?,14-/m1/s1. The van der Waals surface area contributed by atoms with Gasteiger partial charge in [-0.05, 0) is 30.6 Å². The average molecular weight is 281 g/mol. The van der Waals surface area contributed by atoms with Crippen molar-refractivity contribution in [1.82, 2.24) is 4.90 Å². The summed E-state index contributed by atoms with van der Waals surface area (Å²) < 4.78 is 4.82. The summed E-state index contributed by atoms with van der Waals surface area (Å²) in [4.78, 5) is 25.9. The van der Waals surface area contributed by atoms with Gasteiger partial charge in [0.05, 0.1) is 13.0 Å². The molecule has 20 heavy (non-hydrogen) atoms. The molecule has 0 radical (unpaired) electrons. The van der Waals surface area contributed by atoms with Crippen LogP contribution in [0.2, 0.25) is 0 Å². The molecular weight excluding hydrogens is 254 g/mol. The van der Waals surface area contributed by atoms with Crippen molar-refractivity contribution < 1.29 is 14.3 Å². The highest BCUT2D eigenvalue weighted by atomic mass is 16.5. The van der Waals surface area contributed by atoms with Gasteiger partial charge in [-0.1, -0.05) is 26.7 Å². The summed E-state index contributed by atoms with van der Waals surface area (Å²) in [6.45, 7) is 5.54. The molecule has 0 spiro atoms. The number of nitrogens with zero attached hydrogens (tertiary/aromatic N) is 1. The Morgan fingerprint density at radius 2 is 1.95 bits per heavy atom. The molecule has 1 saturated carbocycles. The molecule has 2 fully saturated rings. The Morgan fingerprint density at radius 1 is 1.20 bits per heavy atom. The molecule has 0 aromatic rings. The number of amides is 1. The van der Waals surface area contributed by atoms with Crippen molar-refractivity contribution in [2.24, 2.45) is 23.7 Å². The molecule has 1 saturated heterocycles. The minimum atomic E-state index is -0.181.